The lowest BCUT2D eigenvalue weighted by molar-refractivity contribution is 0.377. The van der Waals surface area contributed by atoms with Crippen molar-refractivity contribution >= 4 is 0 Å². The number of ether oxygens (including phenoxy) is 4. The number of phenols is 2. The lowest BCUT2D eigenvalue weighted by atomic mass is 9.98. The lowest BCUT2D eigenvalue weighted by Gasteiger charge is -2.21. The molecule has 6 nitrogen and oxygen atoms in total. The topological polar surface area (TPSA) is 77.4 Å². The molecule has 0 fully saturated rings. The molecule has 0 radical (unpaired) electrons. The Bertz CT molecular complexity index is 1270. The van der Waals surface area contributed by atoms with Crippen molar-refractivity contribution in [2.45, 2.75) is 80.1 Å². The molecule has 0 aromatic heterocycles. The maximum Gasteiger partial charge on any atom is 0.175 e. The maximum absolute atomic E-state index is 10.8. The summed E-state index contributed by atoms with van der Waals surface area (Å²) >= 11 is 0. The average Bonchev–Trinajstić information content (AvgIpc) is 2.86. The fourth-order valence-corrected chi connectivity index (χ4v) is 4.43. The minimum absolute atomic E-state index is 0.147. The van der Waals surface area contributed by atoms with Gasteiger partial charge in [-0.15, -0.1) is 0 Å². The zero-order valence-electron chi connectivity index (χ0n) is 25.6. The van der Waals surface area contributed by atoms with Crippen LogP contribution < -0.4 is 18.9 Å². The Kier molecular flexibility index (Phi) is 11.0. The van der Waals surface area contributed by atoms with Gasteiger partial charge in [-0.1, -0.05) is 41.5 Å². The SMILES string of the molecule is COc1cc(C(C)C)c(O)cc1C.COc1cc(C(C)C)c(Oc2c(C)c(OC)cc(C(C)C)c2O)cc1C. The highest BCUT2D eigenvalue weighted by Crippen LogP contribution is 2.46. The van der Waals surface area contributed by atoms with Gasteiger partial charge < -0.3 is 29.2 Å². The largest absolute Gasteiger partial charge is 0.508 e. The van der Waals surface area contributed by atoms with Gasteiger partial charge in [0.15, 0.2) is 11.5 Å². The van der Waals surface area contributed by atoms with Crippen LogP contribution in [0.5, 0.6) is 40.2 Å². The van der Waals surface area contributed by atoms with E-state index in [-0.39, 0.29) is 17.6 Å². The van der Waals surface area contributed by atoms with Gasteiger partial charge in [-0.25, -0.2) is 0 Å². The molecule has 0 saturated carbocycles. The molecule has 0 saturated heterocycles. The van der Waals surface area contributed by atoms with Crippen molar-refractivity contribution in [3.8, 4) is 40.2 Å². The summed E-state index contributed by atoms with van der Waals surface area (Å²) in [7, 11) is 4.94. The summed E-state index contributed by atoms with van der Waals surface area (Å²) in [6.07, 6.45) is 0. The quantitative estimate of drug-likeness (QED) is 0.298. The fourth-order valence-electron chi connectivity index (χ4n) is 4.43. The smallest absolute Gasteiger partial charge is 0.175 e. The summed E-state index contributed by atoms with van der Waals surface area (Å²) in [6.45, 7) is 18.2. The van der Waals surface area contributed by atoms with Gasteiger partial charge >= 0.3 is 0 Å². The highest BCUT2D eigenvalue weighted by molar-refractivity contribution is 5.60. The Balaban J connectivity index is 0.000000344. The summed E-state index contributed by atoms with van der Waals surface area (Å²) in [4.78, 5) is 0. The molecule has 214 valence electrons. The Morgan fingerprint density at radius 2 is 0.974 bits per heavy atom. The number of benzene rings is 3. The van der Waals surface area contributed by atoms with E-state index < -0.39 is 0 Å². The molecule has 6 heteroatoms. The van der Waals surface area contributed by atoms with Crippen molar-refractivity contribution in [1.29, 1.82) is 0 Å². The number of hydrogen-bond donors (Lipinski definition) is 2. The van der Waals surface area contributed by atoms with Crippen LogP contribution in [0.15, 0.2) is 30.3 Å². The van der Waals surface area contributed by atoms with Crippen LogP contribution in [0.25, 0.3) is 0 Å². The van der Waals surface area contributed by atoms with E-state index in [0.717, 1.165) is 50.6 Å². The first-order chi connectivity index (χ1) is 18.3. The summed E-state index contributed by atoms with van der Waals surface area (Å²) in [5.41, 5.74) is 5.49. The Morgan fingerprint density at radius 3 is 1.44 bits per heavy atom. The van der Waals surface area contributed by atoms with E-state index in [4.69, 9.17) is 18.9 Å². The second-order valence-corrected chi connectivity index (χ2v) is 10.8. The molecule has 3 aromatic carbocycles. The van der Waals surface area contributed by atoms with E-state index in [2.05, 4.69) is 13.8 Å². The molecule has 0 bridgehead atoms. The van der Waals surface area contributed by atoms with E-state index in [1.54, 1.807) is 27.4 Å². The summed E-state index contributed by atoms with van der Waals surface area (Å²) in [5.74, 6) is 4.77. The molecule has 39 heavy (non-hydrogen) atoms. The summed E-state index contributed by atoms with van der Waals surface area (Å²) in [6, 6.07) is 9.49. The molecule has 0 atom stereocenters. The van der Waals surface area contributed by atoms with Crippen LogP contribution >= 0.6 is 0 Å². The van der Waals surface area contributed by atoms with Crippen molar-refractivity contribution in [2.75, 3.05) is 21.3 Å². The Labute approximate surface area is 234 Å². The van der Waals surface area contributed by atoms with Gasteiger partial charge in [-0.05, 0) is 80.0 Å². The van der Waals surface area contributed by atoms with E-state index in [0.29, 0.717) is 23.2 Å². The third-order valence-corrected chi connectivity index (χ3v) is 6.85. The Hall–Kier alpha value is -3.54. The number of aryl methyl sites for hydroxylation is 2. The van der Waals surface area contributed by atoms with E-state index >= 15 is 0 Å². The van der Waals surface area contributed by atoms with Crippen molar-refractivity contribution < 1.29 is 29.2 Å². The van der Waals surface area contributed by atoms with Gasteiger partial charge in [0.25, 0.3) is 0 Å². The minimum Gasteiger partial charge on any atom is -0.508 e. The van der Waals surface area contributed by atoms with E-state index in [1.165, 1.54) is 0 Å². The van der Waals surface area contributed by atoms with Crippen molar-refractivity contribution in [1.82, 2.24) is 0 Å². The zero-order chi connectivity index (χ0) is 29.6. The number of rotatable bonds is 8. The highest BCUT2D eigenvalue weighted by atomic mass is 16.5. The lowest BCUT2D eigenvalue weighted by Crippen LogP contribution is -2.01. The molecule has 2 N–H and O–H groups in total. The van der Waals surface area contributed by atoms with Gasteiger partial charge in [0.05, 0.1) is 21.3 Å². The van der Waals surface area contributed by atoms with Gasteiger partial charge in [0, 0.05) is 22.3 Å². The third-order valence-electron chi connectivity index (χ3n) is 6.85. The summed E-state index contributed by atoms with van der Waals surface area (Å²) < 4.78 is 22.4. The molecule has 0 spiro atoms. The molecule has 0 aliphatic heterocycles. The van der Waals surface area contributed by atoms with Crippen molar-refractivity contribution in [2.24, 2.45) is 0 Å². The number of phenolic OH excluding ortho intramolecular Hbond substituents is 2. The highest BCUT2D eigenvalue weighted by Gasteiger charge is 2.22. The van der Waals surface area contributed by atoms with E-state index in [1.807, 2.05) is 72.7 Å². The van der Waals surface area contributed by atoms with E-state index in [9.17, 15) is 10.2 Å². The molecular weight excluding hydrogens is 492 g/mol. The van der Waals surface area contributed by atoms with Crippen molar-refractivity contribution in [3.05, 3.63) is 63.7 Å². The van der Waals surface area contributed by atoms with Gasteiger partial charge in [-0.3, -0.25) is 0 Å². The normalized spacial score (nSPS) is 10.9. The molecule has 0 heterocycles. The second-order valence-electron chi connectivity index (χ2n) is 10.8. The van der Waals surface area contributed by atoms with Gasteiger partial charge in [-0.2, -0.15) is 0 Å². The second kappa shape index (κ2) is 13.5. The van der Waals surface area contributed by atoms with Crippen LogP contribution in [-0.4, -0.2) is 31.5 Å². The first kappa shape index (κ1) is 31.7. The number of aromatic hydroxyl groups is 2. The van der Waals surface area contributed by atoms with Crippen LogP contribution in [-0.2, 0) is 0 Å². The van der Waals surface area contributed by atoms with Gasteiger partial charge in [0.2, 0.25) is 0 Å². The van der Waals surface area contributed by atoms with Gasteiger partial charge in [0.1, 0.15) is 28.7 Å². The first-order valence-electron chi connectivity index (χ1n) is 13.4. The zero-order valence-corrected chi connectivity index (χ0v) is 25.6. The van der Waals surface area contributed by atoms with Crippen LogP contribution in [0.1, 0.15) is 92.7 Å². The molecule has 3 aromatic rings. The average molecular weight is 539 g/mol. The number of methoxy groups -OCH3 is 3. The molecule has 0 amide bonds. The van der Waals surface area contributed by atoms with Crippen LogP contribution in [0.4, 0.5) is 0 Å². The predicted octanol–water partition coefficient (Wildman–Crippen LogP) is 8.90. The number of hydrogen-bond acceptors (Lipinski definition) is 6. The minimum atomic E-state index is 0.147. The monoisotopic (exact) mass is 538 g/mol. The van der Waals surface area contributed by atoms with Crippen LogP contribution in [0, 0.1) is 20.8 Å². The molecule has 3 rings (SSSR count). The maximum atomic E-state index is 10.8. The molecule has 0 unspecified atom stereocenters. The van der Waals surface area contributed by atoms with Crippen LogP contribution in [0.3, 0.4) is 0 Å². The summed E-state index contributed by atoms with van der Waals surface area (Å²) in [5, 5.41) is 20.4. The molecule has 0 aliphatic carbocycles. The standard InChI is InChI=1S/C22H30O4.C11H16O2/c1-12(2)16-10-18(24-7)14(5)9-20(16)26-22-15(6)19(25-8)11-17(13(3)4)21(22)23;1-7(2)9-6-11(13-4)8(3)5-10(9)12/h9-13,23H,1-8H3;5-7,12H,1-4H3. The first-order valence-corrected chi connectivity index (χ1v) is 13.4. The molecular formula is C33H46O6. The van der Waals surface area contributed by atoms with Crippen molar-refractivity contribution in [3.63, 3.8) is 0 Å². The fraction of sp³-hybridized carbons (Fsp3) is 0.455. The molecule has 0 aliphatic rings. The Morgan fingerprint density at radius 1 is 0.538 bits per heavy atom. The predicted molar refractivity (Wildman–Crippen MR) is 159 cm³/mol. The third kappa shape index (κ3) is 7.31. The van der Waals surface area contributed by atoms with Crippen LogP contribution in [0.2, 0.25) is 0 Å².